The van der Waals surface area contributed by atoms with Crippen LogP contribution in [0.25, 0.3) is 0 Å². The molecule has 5 nitrogen and oxygen atoms in total. The van der Waals surface area contributed by atoms with Crippen molar-refractivity contribution in [2.75, 3.05) is 10.6 Å². The molecule has 2 N–H and O–H groups in total. The molecule has 3 rings (SSSR count). The van der Waals surface area contributed by atoms with Gasteiger partial charge in [-0.3, -0.25) is 4.79 Å². The summed E-state index contributed by atoms with van der Waals surface area (Å²) in [6, 6.07) is 11.4. The molecule has 0 bridgehead atoms. The maximum atomic E-state index is 13.4. The van der Waals surface area contributed by atoms with Gasteiger partial charge in [0.15, 0.2) is 10.9 Å². The van der Waals surface area contributed by atoms with Gasteiger partial charge in [0.1, 0.15) is 5.82 Å². The van der Waals surface area contributed by atoms with Crippen LogP contribution in [0.1, 0.15) is 16.8 Å². The molecule has 0 radical (unpaired) electrons. The maximum absolute atomic E-state index is 13.4. The molecule has 178 valence electrons. The van der Waals surface area contributed by atoms with E-state index in [-0.39, 0.29) is 22.3 Å². The van der Waals surface area contributed by atoms with Crippen molar-refractivity contribution < 1.29 is 31.1 Å². The number of thioether (sulfide) groups is 1. The van der Waals surface area contributed by atoms with Gasteiger partial charge in [-0.15, -0.1) is 0 Å². The minimum absolute atomic E-state index is 0.0757. The number of nitrogens with zero attached hydrogens (tertiary/aromatic N) is 2. The zero-order valence-corrected chi connectivity index (χ0v) is 18.0. The van der Waals surface area contributed by atoms with Crippen molar-refractivity contribution in [1.82, 2.24) is 9.97 Å². The van der Waals surface area contributed by atoms with Crippen LogP contribution in [0.5, 0.6) is 0 Å². The van der Waals surface area contributed by atoms with Gasteiger partial charge in [0, 0.05) is 23.2 Å². The fraction of sp³-hybridized carbons (Fsp3) is 0.136. The number of halogens is 6. The Balaban J connectivity index is 1.84. The Bertz CT molecular complexity index is 1200. The lowest BCUT2D eigenvalue weighted by molar-refractivity contribution is -0.141. The molecule has 0 spiro atoms. The molecule has 1 amide bonds. The first-order chi connectivity index (χ1) is 15.9. The van der Waals surface area contributed by atoms with Crippen LogP contribution in [0, 0.1) is 0 Å². The monoisotopic (exact) mass is 498 g/mol. The molecular weight excluding hydrogens is 482 g/mol. The highest BCUT2D eigenvalue weighted by Gasteiger charge is 2.34. The molecular formula is C22H16F6N4OS. The number of carbonyl (C=O) groups is 1. The van der Waals surface area contributed by atoms with Crippen molar-refractivity contribution in [2.24, 2.45) is 0 Å². The molecule has 0 saturated heterocycles. The Kier molecular flexibility index (Phi) is 7.50. The molecule has 34 heavy (non-hydrogen) atoms. The smallest absolute Gasteiger partial charge is 0.340 e. The van der Waals surface area contributed by atoms with Gasteiger partial charge in [0.05, 0.1) is 5.56 Å². The predicted molar refractivity (Wildman–Crippen MR) is 117 cm³/mol. The number of carbonyl (C=O) groups excluding carboxylic acids is 1. The lowest BCUT2D eigenvalue weighted by atomic mass is 10.1. The Morgan fingerprint density at radius 2 is 1.65 bits per heavy atom. The van der Waals surface area contributed by atoms with E-state index in [0.717, 1.165) is 30.0 Å². The van der Waals surface area contributed by atoms with Gasteiger partial charge in [-0.25, -0.2) is 9.97 Å². The molecule has 1 heterocycles. The quantitative estimate of drug-likeness (QED) is 0.165. The van der Waals surface area contributed by atoms with E-state index in [1.807, 2.05) is 0 Å². The van der Waals surface area contributed by atoms with E-state index >= 15 is 0 Å². The average Bonchev–Trinajstić information content (AvgIpc) is 2.77. The Hall–Kier alpha value is -3.54. The summed E-state index contributed by atoms with van der Waals surface area (Å²) in [7, 11) is 0. The highest BCUT2D eigenvalue weighted by molar-refractivity contribution is 7.98. The largest absolute Gasteiger partial charge is 0.433 e. The van der Waals surface area contributed by atoms with E-state index in [4.69, 9.17) is 0 Å². The van der Waals surface area contributed by atoms with Crippen LogP contribution in [0.4, 0.5) is 43.5 Å². The highest BCUT2D eigenvalue weighted by atomic mass is 32.2. The normalized spacial score (nSPS) is 11.7. The molecule has 2 aromatic carbocycles. The molecule has 0 atom stereocenters. The summed E-state index contributed by atoms with van der Waals surface area (Å²) in [6.07, 6.45) is -8.25. The van der Waals surface area contributed by atoms with Gasteiger partial charge < -0.3 is 10.6 Å². The van der Waals surface area contributed by atoms with E-state index in [0.29, 0.717) is 17.4 Å². The Labute approximate surface area is 194 Å². The topological polar surface area (TPSA) is 66.9 Å². The third kappa shape index (κ3) is 6.98. The van der Waals surface area contributed by atoms with Gasteiger partial charge in [-0.2, -0.15) is 26.3 Å². The Morgan fingerprint density at radius 1 is 0.941 bits per heavy atom. The summed E-state index contributed by atoms with van der Waals surface area (Å²) in [4.78, 5) is 19.0. The highest BCUT2D eigenvalue weighted by Crippen LogP contribution is 2.33. The lowest BCUT2D eigenvalue weighted by Gasteiger charge is -2.13. The van der Waals surface area contributed by atoms with Gasteiger partial charge in [0.2, 0.25) is 5.91 Å². The van der Waals surface area contributed by atoms with E-state index in [2.05, 4.69) is 27.2 Å². The number of rotatable bonds is 7. The maximum Gasteiger partial charge on any atom is 0.433 e. The number of hydrogen-bond acceptors (Lipinski definition) is 5. The van der Waals surface area contributed by atoms with Crippen LogP contribution < -0.4 is 10.6 Å². The summed E-state index contributed by atoms with van der Waals surface area (Å²) in [6.45, 7) is 3.34. The molecule has 0 fully saturated rings. The fourth-order valence-electron chi connectivity index (χ4n) is 2.70. The third-order valence-electron chi connectivity index (χ3n) is 4.21. The Morgan fingerprint density at radius 3 is 2.32 bits per heavy atom. The first kappa shape index (κ1) is 25.1. The number of aromatic nitrogens is 2. The molecule has 3 aromatic rings. The second kappa shape index (κ2) is 10.2. The second-order valence-corrected chi connectivity index (χ2v) is 7.75. The van der Waals surface area contributed by atoms with Crippen LogP contribution >= 0.6 is 11.8 Å². The first-order valence-corrected chi connectivity index (χ1v) is 10.5. The molecule has 0 aliphatic carbocycles. The minimum Gasteiger partial charge on any atom is -0.340 e. The number of alkyl halides is 6. The third-order valence-corrected chi connectivity index (χ3v) is 5.12. The zero-order chi connectivity index (χ0) is 24.9. The van der Waals surface area contributed by atoms with Crippen LogP contribution in [-0.2, 0) is 22.9 Å². The number of benzene rings is 2. The van der Waals surface area contributed by atoms with Crippen molar-refractivity contribution in [3.63, 3.8) is 0 Å². The minimum atomic E-state index is -4.77. The molecule has 0 unspecified atom stereocenters. The van der Waals surface area contributed by atoms with Gasteiger partial charge in [-0.05, 0) is 35.9 Å². The number of hydrogen-bond donors (Lipinski definition) is 2. The standard InChI is InChI=1S/C22H16F6N4OS/c1-2-19(33)30-16-8-4-7-15(10-16)29-18-11-17(22(26,27)28)31-20(32-18)34-12-13-5-3-6-14(9-13)21(23,24)25/h2-11H,1,12H2,(H,30,33)(H,29,31,32). The van der Waals surface area contributed by atoms with Crippen molar-refractivity contribution in [1.29, 1.82) is 0 Å². The molecule has 0 aliphatic heterocycles. The summed E-state index contributed by atoms with van der Waals surface area (Å²) in [5.41, 5.74) is -1.11. The summed E-state index contributed by atoms with van der Waals surface area (Å²) < 4.78 is 78.8. The predicted octanol–water partition coefficient (Wildman–Crippen LogP) is 6.67. The summed E-state index contributed by atoms with van der Waals surface area (Å²) >= 11 is 0.765. The lowest BCUT2D eigenvalue weighted by Crippen LogP contribution is -2.11. The molecule has 0 saturated carbocycles. The SMILES string of the molecule is C=CC(=O)Nc1cccc(Nc2cc(C(F)(F)F)nc(SCc3cccc(C(F)(F)F)c3)n2)c1. The number of nitrogens with one attached hydrogen (secondary N) is 2. The van der Waals surface area contributed by atoms with Crippen LogP contribution in [0.2, 0.25) is 0 Å². The molecule has 12 heteroatoms. The van der Waals surface area contributed by atoms with Crippen molar-refractivity contribution >= 4 is 34.9 Å². The van der Waals surface area contributed by atoms with Crippen LogP contribution in [0.3, 0.4) is 0 Å². The van der Waals surface area contributed by atoms with Crippen LogP contribution in [-0.4, -0.2) is 15.9 Å². The molecule has 1 aromatic heterocycles. The average molecular weight is 498 g/mol. The van der Waals surface area contributed by atoms with Crippen molar-refractivity contribution in [3.05, 3.63) is 84.1 Å². The first-order valence-electron chi connectivity index (χ1n) is 9.50. The van der Waals surface area contributed by atoms with Crippen molar-refractivity contribution in [2.45, 2.75) is 23.3 Å². The van der Waals surface area contributed by atoms with Gasteiger partial charge in [-0.1, -0.05) is 42.6 Å². The second-order valence-electron chi connectivity index (χ2n) is 6.80. The van der Waals surface area contributed by atoms with E-state index < -0.39 is 29.5 Å². The fourth-order valence-corrected chi connectivity index (χ4v) is 3.50. The van der Waals surface area contributed by atoms with E-state index in [1.165, 1.54) is 18.2 Å². The summed E-state index contributed by atoms with van der Waals surface area (Å²) in [5, 5.41) is 4.98. The van der Waals surface area contributed by atoms with Crippen LogP contribution in [0.15, 0.2) is 72.4 Å². The van der Waals surface area contributed by atoms with Gasteiger partial charge >= 0.3 is 12.4 Å². The number of anilines is 3. The molecule has 0 aliphatic rings. The van der Waals surface area contributed by atoms with E-state index in [9.17, 15) is 31.1 Å². The van der Waals surface area contributed by atoms with E-state index in [1.54, 1.807) is 18.2 Å². The zero-order valence-electron chi connectivity index (χ0n) is 17.2. The van der Waals surface area contributed by atoms with Crippen molar-refractivity contribution in [3.8, 4) is 0 Å². The van der Waals surface area contributed by atoms with Gasteiger partial charge in [0.25, 0.3) is 0 Å². The summed E-state index contributed by atoms with van der Waals surface area (Å²) in [5.74, 6) is -0.721. The number of amides is 1.